The number of anilines is 1. The molecule has 0 aromatic carbocycles. The van der Waals surface area contributed by atoms with Crippen LogP contribution >= 0.6 is 35.2 Å². The Balaban J connectivity index is 1.30. The Morgan fingerprint density at radius 3 is 2.18 bits per heavy atom. The van der Waals surface area contributed by atoms with Crippen molar-refractivity contribution in [1.29, 1.82) is 0 Å². The number of fused-ring (bicyclic) bond motifs is 1. The van der Waals surface area contributed by atoms with Crippen LogP contribution in [0.25, 0.3) is 11.2 Å². The smallest absolute Gasteiger partial charge is 0.386 e. The number of aromatic nitrogens is 4. The van der Waals surface area contributed by atoms with E-state index < -0.39 is 84.6 Å². The van der Waals surface area contributed by atoms with Crippen LogP contribution < -0.4 is 16.4 Å². The molecule has 28 heteroatoms. The number of nitrogens with zero attached hydrogens (tertiary/aromatic N) is 4. The maximum Gasteiger partial charge on any atom is 0.481 e. The number of phosphoric acid groups is 3. The van der Waals surface area contributed by atoms with Crippen molar-refractivity contribution in [3.05, 3.63) is 24.8 Å². The monoisotopic (exact) mass is 1030 g/mol. The molecule has 0 spiro atoms. The highest BCUT2D eigenvalue weighted by atomic mass is 32.2. The van der Waals surface area contributed by atoms with E-state index in [-0.39, 0.29) is 41.6 Å². The summed E-state index contributed by atoms with van der Waals surface area (Å²) < 4.78 is 62.4. The van der Waals surface area contributed by atoms with Gasteiger partial charge in [0, 0.05) is 37.1 Å². The number of hydrogen-bond donors (Lipinski definition) is 9. The predicted octanol–water partition coefficient (Wildman–Crippen LogP) is 4.70. The molecule has 0 radical (unpaired) electrons. The second-order valence-electron chi connectivity index (χ2n) is 16.6. The van der Waals surface area contributed by atoms with Crippen molar-refractivity contribution in [2.45, 2.75) is 148 Å². The molecule has 0 saturated carbocycles. The molecule has 67 heavy (non-hydrogen) atoms. The molecule has 382 valence electrons. The molecular formula is C39H68N7O17P3S. The summed E-state index contributed by atoms with van der Waals surface area (Å²) in [7, 11) is -16.4. The second kappa shape index (κ2) is 28.8. The molecule has 7 atom stereocenters. The highest BCUT2D eigenvalue weighted by Crippen LogP contribution is 2.61. The third-order valence-electron chi connectivity index (χ3n) is 10.4. The minimum Gasteiger partial charge on any atom is -0.386 e. The maximum atomic E-state index is 12.7. The average Bonchev–Trinajstić information content (AvgIpc) is 3.81. The lowest BCUT2D eigenvalue weighted by atomic mass is 9.87. The van der Waals surface area contributed by atoms with E-state index in [4.69, 9.17) is 19.5 Å². The number of aliphatic hydroxyl groups excluding tert-OH is 2. The Kier molecular flexibility index (Phi) is 25.2. The van der Waals surface area contributed by atoms with Crippen molar-refractivity contribution in [2.24, 2.45) is 5.41 Å². The van der Waals surface area contributed by atoms with E-state index in [1.54, 1.807) is 0 Å². The second-order valence-corrected chi connectivity index (χ2v) is 22.0. The molecule has 3 heterocycles. The minimum atomic E-state index is -5.58. The molecule has 1 saturated heterocycles. The van der Waals surface area contributed by atoms with Crippen molar-refractivity contribution >= 4 is 69.1 Å². The highest BCUT2D eigenvalue weighted by Gasteiger charge is 2.50. The lowest BCUT2D eigenvalue weighted by Crippen LogP contribution is -2.46. The summed E-state index contributed by atoms with van der Waals surface area (Å²) in [6.45, 7) is 2.79. The van der Waals surface area contributed by atoms with Gasteiger partial charge in [-0.1, -0.05) is 96.1 Å². The summed E-state index contributed by atoms with van der Waals surface area (Å²) in [4.78, 5) is 88.3. The molecule has 2 amide bonds. The fraction of sp³-hybridized carbons (Fsp3) is 0.744. The number of thioether (sulfide) groups is 1. The van der Waals surface area contributed by atoms with Crippen LogP contribution in [0.2, 0.25) is 0 Å². The van der Waals surface area contributed by atoms with E-state index >= 15 is 0 Å². The number of nitrogen functional groups attached to an aromatic ring is 1. The fourth-order valence-electron chi connectivity index (χ4n) is 6.71. The van der Waals surface area contributed by atoms with Crippen molar-refractivity contribution in [1.82, 2.24) is 30.2 Å². The number of amides is 2. The van der Waals surface area contributed by atoms with Gasteiger partial charge in [0.1, 0.15) is 36.3 Å². The summed E-state index contributed by atoms with van der Waals surface area (Å²) >= 11 is 1.15. The van der Waals surface area contributed by atoms with Crippen molar-refractivity contribution in [3.63, 3.8) is 0 Å². The van der Waals surface area contributed by atoms with Gasteiger partial charge >= 0.3 is 23.5 Å². The Bertz CT molecular complexity index is 2040. The van der Waals surface area contributed by atoms with E-state index in [0.29, 0.717) is 12.2 Å². The zero-order valence-corrected chi connectivity index (χ0v) is 41.6. The van der Waals surface area contributed by atoms with E-state index in [1.165, 1.54) is 52.4 Å². The van der Waals surface area contributed by atoms with Crippen LogP contribution in [0.5, 0.6) is 0 Å². The zero-order chi connectivity index (χ0) is 49.7. The number of nitrogens with two attached hydrogens (primary N) is 1. The van der Waals surface area contributed by atoms with Crippen LogP contribution in [-0.4, -0.2) is 123 Å². The molecule has 1 aliphatic rings. The Morgan fingerprint density at radius 2 is 1.52 bits per heavy atom. The molecular weight excluding hydrogens is 963 g/mol. The Hall–Kier alpha value is -2.70. The van der Waals surface area contributed by atoms with E-state index in [9.17, 15) is 57.9 Å². The number of allylic oxidation sites excluding steroid dienone is 2. The van der Waals surface area contributed by atoms with Gasteiger partial charge in [0.25, 0.3) is 0 Å². The summed E-state index contributed by atoms with van der Waals surface area (Å²) in [6.07, 6.45) is 13.5. The summed E-state index contributed by atoms with van der Waals surface area (Å²) in [5, 5.41) is 26.7. The molecule has 0 bridgehead atoms. The zero-order valence-electron chi connectivity index (χ0n) is 38.1. The van der Waals surface area contributed by atoms with Gasteiger partial charge in [-0.05, 0) is 32.1 Å². The van der Waals surface area contributed by atoms with Crippen molar-refractivity contribution in [3.8, 4) is 0 Å². The topological polar surface area (TPSA) is 364 Å². The number of carbonyl (C=O) groups is 3. The average molecular weight is 1030 g/mol. The van der Waals surface area contributed by atoms with Crippen LogP contribution in [0.3, 0.4) is 0 Å². The SMILES string of the molecule is CCCCCCCCC=CCCCCCCCC(=O)SCCNC(=O)CCNC(=O)C(O)C(C)(C)COP(=O)(O)OP(=O)(O)OC[C@H]1O[C@@H](n2cnc3c(N)ncnc32)[C@H](O)[C@@H]1OP(=O)(O)O. The van der Waals surface area contributed by atoms with Gasteiger partial charge in [0.2, 0.25) is 11.8 Å². The normalized spacial score (nSPS) is 20.2. The van der Waals surface area contributed by atoms with Crippen LogP contribution in [0.4, 0.5) is 5.82 Å². The number of carbonyl (C=O) groups excluding carboxylic acids is 3. The van der Waals surface area contributed by atoms with Gasteiger partial charge in [-0.25, -0.2) is 28.6 Å². The number of ether oxygens (including phenoxy) is 1. The molecule has 2 aromatic heterocycles. The Morgan fingerprint density at radius 1 is 0.896 bits per heavy atom. The van der Waals surface area contributed by atoms with Gasteiger partial charge in [-0.2, -0.15) is 4.31 Å². The van der Waals surface area contributed by atoms with Gasteiger partial charge in [-0.15, -0.1) is 0 Å². The number of rotatable bonds is 34. The minimum absolute atomic E-state index is 0.0331. The third-order valence-corrected chi connectivity index (χ3v) is 14.4. The number of unbranched alkanes of at least 4 members (excludes halogenated alkanes) is 11. The molecule has 0 aliphatic carbocycles. The first kappa shape index (κ1) is 58.6. The molecule has 24 nitrogen and oxygen atoms in total. The van der Waals surface area contributed by atoms with E-state index in [2.05, 4.69) is 53.5 Å². The van der Waals surface area contributed by atoms with Crippen LogP contribution in [0.1, 0.15) is 123 Å². The van der Waals surface area contributed by atoms with Gasteiger partial charge < -0.3 is 50.9 Å². The van der Waals surface area contributed by atoms with E-state index in [0.717, 1.165) is 73.9 Å². The summed E-state index contributed by atoms with van der Waals surface area (Å²) in [5.41, 5.74) is 4.29. The van der Waals surface area contributed by atoms with Gasteiger partial charge in [0.05, 0.1) is 19.5 Å². The van der Waals surface area contributed by atoms with Crippen LogP contribution in [-0.2, 0) is 50.7 Å². The van der Waals surface area contributed by atoms with Crippen molar-refractivity contribution < 1.29 is 80.5 Å². The molecule has 3 unspecified atom stereocenters. The molecule has 3 rings (SSSR count). The first-order valence-electron chi connectivity index (χ1n) is 22.3. The van der Waals surface area contributed by atoms with Crippen LogP contribution in [0, 0.1) is 5.41 Å². The molecule has 10 N–H and O–H groups in total. The van der Waals surface area contributed by atoms with Crippen molar-refractivity contribution in [2.75, 3.05) is 37.8 Å². The standard InChI is InChI=1S/C39H68N7O17P3S/c1-4-5-6-7-8-9-10-11-12-13-14-15-16-17-18-19-30(48)67-23-22-41-29(47)20-21-42-37(51)34(50)39(2,3)25-60-66(57,58)63-65(55,56)59-24-28-33(62-64(52,53)54)32(49)38(61-28)46-27-45-31-35(40)43-26-44-36(31)46/h11-12,26-28,32-34,38,49-50H,4-10,13-25H2,1-3H3,(H,41,47)(H,42,51)(H,55,56)(H,57,58)(H2,40,43,44)(H2,52,53,54)/t28-,32-,33-,34?,38-/m1/s1. The number of aliphatic hydroxyl groups is 2. The largest absolute Gasteiger partial charge is 0.481 e. The lowest BCUT2D eigenvalue weighted by molar-refractivity contribution is -0.137. The number of phosphoric ester groups is 3. The quantitative estimate of drug-likeness (QED) is 0.0260. The van der Waals surface area contributed by atoms with E-state index in [1.807, 2.05) is 0 Å². The Labute approximate surface area is 394 Å². The van der Waals surface area contributed by atoms with Crippen LogP contribution in [0.15, 0.2) is 24.8 Å². The summed E-state index contributed by atoms with van der Waals surface area (Å²) in [5.74, 6) is -1.03. The number of nitrogens with one attached hydrogen (secondary N) is 2. The fourth-order valence-corrected chi connectivity index (χ4v) is 10.3. The first-order valence-corrected chi connectivity index (χ1v) is 27.8. The van der Waals surface area contributed by atoms with Gasteiger partial charge in [0.15, 0.2) is 22.8 Å². The number of imidazole rings is 1. The molecule has 2 aromatic rings. The maximum absolute atomic E-state index is 12.7. The predicted molar refractivity (Wildman–Crippen MR) is 247 cm³/mol. The summed E-state index contributed by atoms with van der Waals surface area (Å²) in [6, 6.07) is 0. The highest BCUT2D eigenvalue weighted by molar-refractivity contribution is 8.13. The number of hydrogen-bond acceptors (Lipinski definition) is 18. The molecule has 1 aliphatic heterocycles. The first-order chi connectivity index (χ1) is 31.6. The molecule has 1 fully saturated rings. The lowest BCUT2D eigenvalue weighted by Gasteiger charge is -2.30. The van der Waals surface area contributed by atoms with Gasteiger partial charge in [-0.3, -0.25) is 32.5 Å². The third kappa shape index (κ3) is 21.9.